The highest BCUT2D eigenvalue weighted by molar-refractivity contribution is 6.30. The molecule has 1 aliphatic rings. The number of halogens is 1. The van der Waals surface area contributed by atoms with E-state index in [0.29, 0.717) is 54.1 Å². The Morgan fingerprint density at radius 1 is 1.12 bits per heavy atom. The highest BCUT2D eigenvalue weighted by atomic mass is 35.5. The molecule has 1 amide bonds. The molecule has 6 nitrogen and oxygen atoms in total. The smallest absolute Gasteiger partial charge is 0.298 e. The number of carbonyl (C=O) groups excluding carboxylic acids is 1. The first-order valence-electron chi connectivity index (χ1n) is 8.06. The molecule has 1 aliphatic heterocycles. The number of rotatable bonds is 2. The first-order valence-corrected chi connectivity index (χ1v) is 8.44. The quantitative estimate of drug-likeness (QED) is 0.714. The number of fused-ring (bicyclic) bond motifs is 1. The number of anilines is 2. The predicted octanol–water partition coefficient (Wildman–Crippen LogP) is 3.03. The van der Waals surface area contributed by atoms with Gasteiger partial charge in [-0.15, -0.1) is 0 Å². The Labute approximate surface area is 149 Å². The average molecular weight is 357 g/mol. The molecule has 1 fully saturated rings. The molecule has 3 aromatic rings. The number of nitrogens with two attached hydrogens (primary N) is 1. The molecule has 0 unspecified atom stereocenters. The topological polar surface area (TPSA) is 75.6 Å². The highest BCUT2D eigenvalue weighted by Gasteiger charge is 2.24. The van der Waals surface area contributed by atoms with Crippen molar-refractivity contribution in [1.82, 2.24) is 9.88 Å². The molecule has 0 radical (unpaired) electrons. The number of aromatic nitrogens is 1. The summed E-state index contributed by atoms with van der Waals surface area (Å²) in [6.45, 7) is 2.53. The predicted molar refractivity (Wildman–Crippen MR) is 98.0 cm³/mol. The van der Waals surface area contributed by atoms with Gasteiger partial charge in [0.1, 0.15) is 5.52 Å². The fourth-order valence-electron chi connectivity index (χ4n) is 2.97. The van der Waals surface area contributed by atoms with Crippen molar-refractivity contribution in [3.63, 3.8) is 0 Å². The molecule has 7 heteroatoms. The number of benzene rings is 2. The maximum absolute atomic E-state index is 12.6. The van der Waals surface area contributed by atoms with E-state index in [9.17, 15) is 4.79 Å². The standard InChI is InChI=1S/C18H17ClN4O2/c19-13-3-1-2-12(10-13)17(24)22-6-8-23(9-7-22)18-21-15-11-14(20)4-5-16(15)25-18/h1-5,10-11H,6-9,20H2. The van der Waals surface area contributed by atoms with Gasteiger partial charge >= 0.3 is 0 Å². The van der Waals surface area contributed by atoms with Gasteiger partial charge in [-0.05, 0) is 36.4 Å². The molecule has 2 aromatic carbocycles. The summed E-state index contributed by atoms with van der Waals surface area (Å²) in [7, 11) is 0. The van der Waals surface area contributed by atoms with Gasteiger partial charge in [0.15, 0.2) is 5.58 Å². The van der Waals surface area contributed by atoms with Crippen LogP contribution in [0.5, 0.6) is 0 Å². The molecular formula is C18H17ClN4O2. The van der Waals surface area contributed by atoms with Crippen LogP contribution in [-0.2, 0) is 0 Å². The maximum Gasteiger partial charge on any atom is 0.298 e. The third kappa shape index (κ3) is 3.13. The zero-order valence-corrected chi connectivity index (χ0v) is 14.2. The zero-order valence-electron chi connectivity index (χ0n) is 13.5. The van der Waals surface area contributed by atoms with Crippen LogP contribution in [0.3, 0.4) is 0 Å². The number of nitrogens with zero attached hydrogens (tertiary/aromatic N) is 3. The first-order chi connectivity index (χ1) is 12.1. The van der Waals surface area contributed by atoms with Crippen molar-refractivity contribution < 1.29 is 9.21 Å². The van der Waals surface area contributed by atoms with Crippen LogP contribution in [0, 0.1) is 0 Å². The van der Waals surface area contributed by atoms with Crippen molar-refractivity contribution in [2.75, 3.05) is 36.8 Å². The molecule has 1 saturated heterocycles. The molecule has 4 rings (SSSR count). The fraction of sp³-hybridized carbons (Fsp3) is 0.222. The van der Waals surface area contributed by atoms with E-state index in [1.807, 2.05) is 15.9 Å². The van der Waals surface area contributed by atoms with Crippen molar-refractivity contribution in [3.05, 3.63) is 53.1 Å². The van der Waals surface area contributed by atoms with Crippen molar-refractivity contribution in [2.24, 2.45) is 0 Å². The van der Waals surface area contributed by atoms with Crippen LogP contribution in [0.4, 0.5) is 11.7 Å². The second-order valence-corrected chi connectivity index (χ2v) is 6.45. The van der Waals surface area contributed by atoms with Gasteiger partial charge in [0.25, 0.3) is 11.9 Å². The molecule has 0 spiro atoms. The second-order valence-electron chi connectivity index (χ2n) is 6.01. The monoisotopic (exact) mass is 356 g/mol. The third-order valence-electron chi connectivity index (χ3n) is 4.31. The fourth-order valence-corrected chi connectivity index (χ4v) is 3.16. The van der Waals surface area contributed by atoms with Gasteiger partial charge in [-0.1, -0.05) is 17.7 Å². The second kappa shape index (κ2) is 6.29. The van der Waals surface area contributed by atoms with Gasteiger partial charge in [0.2, 0.25) is 0 Å². The van der Waals surface area contributed by atoms with Crippen LogP contribution in [0.2, 0.25) is 5.02 Å². The summed E-state index contributed by atoms with van der Waals surface area (Å²) in [6.07, 6.45) is 0. The molecule has 128 valence electrons. The first kappa shape index (κ1) is 15.8. The Bertz CT molecular complexity index is 932. The molecule has 0 aliphatic carbocycles. The van der Waals surface area contributed by atoms with Crippen LogP contribution in [-0.4, -0.2) is 42.0 Å². The lowest BCUT2D eigenvalue weighted by Crippen LogP contribution is -2.48. The van der Waals surface area contributed by atoms with E-state index in [-0.39, 0.29) is 5.91 Å². The molecule has 1 aromatic heterocycles. The van der Waals surface area contributed by atoms with E-state index in [4.69, 9.17) is 21.8 Å². The van der Waals surface area contributed by atoms with Crippen molar-refractivity contribution in [3.8, 4) is 0 Å². The SMILES string of the molecule is Nc1ccc2oc(N3CCN(C(=O)c4cccc(Cl)c4)CC3)nc2c1. The molecule has 2 heterocycles. The molecule has 25 heavy (non-hydrogen) atoms. The van der Waals surface area contributed by atoms with Gasteiger partial charge in [-0.3, -0.25) is 4.79 Å². The molecular weight excluding hydrogens is 340 g/mol. The van der Waals surface area contributed by atoms with E-state index in [0.717, 1.165) is 5.52 Å². The number of piperazine rings is 1. The molecule has 0 saturated carbocycles. The lowest BCUT2D eigenvalue weighted by Gasteiger charge is -2.33. The van der Waals surface area contributed by atoms with Gasteiger partial charge in [0.05, 0.1) is 0 Å². The van der Waals surface area contributed by atoms with E-state index >= 15 is 0 Å². The number of amides is 1. The Morgan fingerprint density at radius 2 is 1.92 bits per heavy atom. The Kier molecular flexibility index (Phi) is 3.97. The number of hydrogen-bond acceptors (Lipinski definition) is 5. The van der Waals surface area contributed by atoms with Crippen LogP contribution < -0.4 is 10.6 Å². The Hall–Kier alpha value is -2.73. The van der Waals surface area contributed by atoms with Crippen LogP contribution >= 0.6 is 11.6 Å². The highest BCUT2D eigenvalue weighted by Crippen LogP contribution is 2.24. The van der Waals surface area contributed by atoms with Crippen LogP contribution in [0.1, 0.15) is 10.4 Å². The maximum atomic E-state index is 12.6. The summed E-state index contributed by atoms with van der Waals surface area (Å²) in [5, 5.41) is 0.565. The number of hydrogen-bond donors (Lipinski definition) is 1. The van der Waals surface area contributed by atoms with E-state index in [1.54, 1.807) is 36.4 Å². The van der Waals surface area contributed by atoms with Crippen molar-refractivity contribution in [2.45, 2.75) is 0 Å². The molecule has 0 atom stereocenters. The number of carbonyl (C=O) groups is 1. The lowest BCUT2D eigenvalue weighted by atomic mass is 10.2. The number of nitrogen functional groups attached to an aromatic ring is 1. The van der Waals surface area contributed by atoms with Crippen LogP contribution in [0.15, 0.2) is 46.9 Å². The van der Waals surface area contributed by atoms with Crippen LogP contribution in [0.25, 0.3) is 11.1 Å². The van der Waals surface area contributed by atoms with Gasteiger partial charge in [0, 0.05) is 42.5 Å². The average Bonchev–Trinajstić information content (AvgIpc) is 3.04. The lowest BCUT2D eigenvalue weighted by molar-refractivity contribution is 0.0745. The van der Waals surface area contributed by atoms with Gasteiger partial charge in [-0.25, -0.2) is 0 Å². The van der Waals surface area contributed by atoms with Gasteiger partial charge < -0.3 is 20.0 Å². The summed E-state index contributed by atoms with van der Waals surface area (Å²) in [5.41, 5.74) is 8.50. The zero-order chi connectivity index (χ0) is 17.4. The summed E-state index contributed by atoms with van der Waals surface area (Å²) in [4.78, 5) is 20.9. The normalized spacial score (nSPS) is 14.9. The minimum Gasteiger partial charge on any atom is -0.423 e. The summed E-state index contributed by atoms with van der Waals surface area (Å²) in [6, 6.07) is 13.0. The van der Waals surface area contributed by atoms with Crippen molar-refractivity contribution in [1.29, 1.82) is 0 Å². The van der Waals surface area contributed by atoms with E-state index < -0.39 is 0 Å². The summed E-state index contributed by atoms with van der Waals surface area (Å²) < 4.78 is 5.80. The number of oxazole rings is 1. The van der Waals surface area contributed by atoms with E-state index in [1.165, 1.54) is 0 Å². The van der Waals surface area contributed by atoms with E-state index in [2.05, 4.69) is 4.98 Å². The molecule has 0 bridgehead atoms. The largest absolute Gasteiger partial charge is 0.423 e. The van der Waals surface area contributed by atoms with Crippen molar-refractivity contribution >= 4 is 40.3 Å². The Morgan fingerprint density at radius 3 is 2.68 bits per heavy atom. The minimum absolute atomic E-state index is 0.00695. The minimum atomic E-state index is -0.00695. The molecule has 2 N–H and O–H groups in total. The Balaban J connectivity index is 1.46. The third-order valence-corrected chi connectivity index (χ3v) is 4.54. The van der Waals surface area contributed by atoms with Gasteiger partial charge in [-0.2, -0.15) is 4.98 Å². The summed E-state index contributed by atoms with van der Waals surface area (Å²) >= 11 is 5.97. The summed E-state index contributed by atoms with van der Waals surface area (Å²) in [5.74, 6) is -0.00695.